The highest BCUT2D eigenvalue weighted by Gasteiger charge is 2.39. The summed E-state index contributed by atoms with van der Waals surface area (Å²) in [5, 5.41) is 3.81. The number of nitrogens with two attached hydrogens (primary N) is 2. The van der Waals surface area contributed by atoms with Crippen LogP contribution in [0.15, 0.2) is 12.2 Å². The van der Waals surface area contributed by atoms with Crippen LogP contribution < -0.4 is 16.8 Å². The van der Waals surface area contributed by atoms with E-state index in [9.17, 15) is 0 Å². The van der Waals surface area contributed by atoms with Gasteiger partial charge in [0.2, 0.25) is 0 Å². The minimum absolute atomic E-state index is 0.252. The first kappa shape index (κ1) is 10.8. The second-order valence-corrected chi connectivity index (χ2v) is 5.90. The number of hydrogen-bond acceptors (Lipinski definition) is 3. The molecule has 0 spiro atoms. The van der Waals surface area contributed by atoms with Crippen LogP contribution in [0.2, 0.25) is 0 Å². The molecule has 0 radical (unpaired) electrons. The topological polar surface area (TPSA) is 64.1 Å². The number of hydrogen-bond donors (Lipinski definition) is 3. The Morgan fingerprint density at radius 2 is 1.81 bits per heavy atom. The predicted octanol–water partition coefficient (Wildman–Crippen LogP) is 0.748. The van der Waals surface area contributed by atoms with E-state index in [4.69, 9.17) is 11.5 Å². The summed E-state index contributed by atoms with van der Waals surface area (Å²) in [7, 11) is 0. The van der Waals surface area contributed by atoms with Crippen LogP contribution in [0.1, 0.15) is 32.1 Å². The molecule has 1 aliphatic heterocycles. The fraction of sp³-hybridized carbons (Fsp3) is 0.846. The second-order valence-electron chi connectivity index (χ2n) is 5.90. The Morgan fingerprint density at radius 1 is 0.938 bits per heavy atom. The Labute approximate surface area is 97.6 Å². The van der Waals surface area contributed by atoms with E-state index < -0.39 is 0 Å². The molecule has 1 saturated heterocycles. The van der Waals surface area contributed by atoms with Gasteiger partial charge in [-0.25, -0.2) is 0 Å². The van der Waals surface area contributed by atoms with Crippen molar-refractivity contribution in [1.29, 1.82) is 0 Å². The molecule has 16 heavy (non-hydrogen) atoms. The third kappa shape index (κ3) is 1.92. The van der Waals surface area contributed by atoms with E-state index in [0.717, 1.165) is 24.7 Å². The van der Waals surface area contributed by atoms with E-state index >= 15 is 0 Å². The molecule has 0 aromatic rings. The van der Waals surface area contributed by atoms with Gasteiger partial charge in [-0.1, -0.05) is 12.2 Å². The smallest absolute Gasteiger partial charge is 0.0238 e. The number of rotatable bonds is 0. The Balaban J connectivity index is 1.72. The van der Waals surface area contributed by atoms with Gasteiger partial charge in [0.15, 0.2) is 0 Å². The lowest BCUT2D eigenvalue weighted by molar-refractivity contribution is 0.125. The van der Waals surface area contributed by atoms with E-state index in [1.54, 1.807) is 0 Å². The molecule has 5 N–H and O–H groups in total. The quantitative estimate of drug-likeness (QED) is 0.529. The zero-order valence-corrected chi connectivity index (χ0v) is 9.81. The van der Waals surface area contributed by atoms with Gasteiger partial charge in [0.1, 0.15) is 0 Å². The van der Waals surface area contributed by atoms with Gasteiger partial charge >= 0.3 is 0 Å². The van der Waals surface area contributed by atoms with Crippen molar-refractivity contribution < 1.29 is 0 Å². The Kier molecular flexibility index (Phi) is 2.78. The van der Waals surface area contributed by atoms with Crippen molar-refractivity contribution in [3.63, 3.8) is 0 Å². The summed E-state index contributed by atoms with van der Waals surface area (Å²) in [6.45, 7) is 0. The van der Waals surface area contributed by atoms with Crippen molar-refractivity contribution in [3.8, 4) is 0 Å². The third-order valence-electron chi connectivity index (χ3n) is 4.69. The van der Waals surface area contributed by atoms with Crippen LogP contribution in [0.4, 0.5) is 0 Å². The van der Waals surface area contributed by atoms with Crippen molar-refractivity contribution in [2.45, 2.75) is 56.3 Å². The molecule has 0 bridgehead atoms. The molecule has 3 nitrogen and oxygen atoms in total. The molecular formula is C13H23N3. The van der Waals surface area contributed by atoms with Gasteiger partial charge in [-0.2, -0.15) is 0 Å². The van der Waals surface area contributed by atoms with Crippen LogP contribution >= 0.6 is 0 Å². The van der Waals surface area contributed by atoms with Crippen molar-refractivity contribution in [2.75, 3.05) is 0 Å². The van der Waals surface area contributed by atoms with Crippen LogP contribution in [0.5, 0.6) is 0 Å². The average molecular weight is 221 g/mol. The monoisotopic (exact) mass is 221 g/mol. The molecule has 2 fully saturated rings. The largest absolute Gasteiger partial charge is 0.328 e. The molecule has 3 heteroatoms. The Hall–Kier alpha value is -0.380. The molecule has 90 valence electrons. The van der Waals surface area contributed by atoms with Crippen molar-refractivity contribution in [3.05, 3.63) is 12.2 Å². The van der Waals surface area contributed by atoms with E-state index in [1.165, 1.54) is 19.3 Å². The van der Waals surface area contributed by atoms with Gasteiger partial charge in [-0.3, -0.25) is 0 Å². The maximum absolute atomic E-state index is 6.06. The molecule has 1 heterocycles. The van der Waals surface area contributed by atoms with Gasteiger partial charge in [0.25, 0.3) is 0 Å². The normalized spacial score (nSPS) is 51.9. The molecule has 2 unspecified atom stereocenters. The van der Waals surface area contributed by atoms with E-state index in [-0.39, 0.29) is 6.04 Å². The van der Waals surface area contributed by atoms with Crippen molar-refractivity contribution >= 4 is 0 Å². The number of nitrogens with one attached hydrogen (secondary N) is 1. The van der Waals surface area contributed by atoms with E-state index in [0.29, 0.717) is 18.1 Å². The predicted molar refractivity (Wildman–Crippen MR) is 65.9 cm³/mol. The van der Waals surface area contributed by atoms with Crippen LogP contribution in [0.25, 0.3) is 0 Å². The van der Waals surface area contributed by atoms with Crippen LogP contribution in [0.3, 0.4) is 0 Å². The number of fused-ring (bicyclic) bond motifs is 2. The summed E-state index contributed by atoms with van der Waals surface area (Å²) < 4.78 is 0. The van der Waals surface area contributed by atoms with E-state index in [2.05, 4.69) is 17.5 Å². The lowest BCUT2D eigenvalue weighted by Gasteiger charge is -2.47. The molecule has 2 aliphatic carbocycles. The van der Waals surface area contributed by atoms with Crippen LogP contribution in [0, 0.1) is 11.8 Å². The minimum Gasteiger partial charge on any atom is -0.328 e. The van der Waals surface area contributed by atoms with Crippen LogP contribution in [-0.2, 0) is 0 Å². The molecule has 0 aromatic heterocycles. The third-order valence-corrected chi connectivity index (χ3v) is 4.69. The van der Waals surface area contributed by atoms with Gasteiger partial charge in [-0.05, 0) is 43.9 Å². The summed E-state index contributed by atoms with van der Waals surface area (Å²) in [6.07, 6.45) is 10.7. The standard InChI is InChI=1S/C13H23N3/c14-10-3-1-8-5-9-2-4-11(15)7-13(9)16-12(8)6-10/h1,3,8-13,16H,2,4-7,14-15H2/t8-,9?,10?,11+,12-,13+/m1/s1. The molecule has 3 rings (SSSR count). The maximum Gasteiger partial charge on any atom is 0.0238 e. The van der Waals surface area contributed by atoms with Crippen LogP contribution in [-0.4, -0.2) is 24.2 Å². The van der Waals surface area contributed by atoms with Gasteiger partial charge in [0.05, 0.1) is 0 Å². The molecule has 6 atom stereocenters. The van der Waals surface area contributed by atoms with Gasteiger partial charge in [0, 0.05) is 24.2 Å². The van der Waals surface area contributed by atoms with Crippen molar-refractivity contribution in [2.24, 2.45) is 23.3 Å². The fourth-order valence-electron chi connectivity index (χ4n) is 3.78. The first-order valence-corrected chi connectivity index (χ1v) is 6.68. The fourth-order valence-corrected chi connectivity index (χ4v) is 3.78. The highest BCUT2D eigenvalue weighted by Crippen LogP contribution is 2.37. The SMILES string of the molecule is NC1C=C[C@@H]2CC3CC[C@H](N)C[C@@H]3N[C@@H]2C1. The lowest BCUT2D eigenvalue weighted by atomic mass is 9.70. The minimum atomic E-state index is 0.252. The van der Waals surface area contributed by atoms with Gasteiger partial charge < -0.3 is 16.8 Å². The van der Waals surface area contributed by atoms with Crippen molar-refractivity contribution in [1.82, 2.24) is 5.32 Å². The van der Waals surface area contributed by atoms with E-state index in [1.807, 2.05) is 0 Å². The molecule has 0 amide bonds. The summed E-state index contributed by atoms with van der Waals surface area (Å²) in [5.74, 6) is 1.57. The second kappa shape index (κ2) is 4.13. The Bertz CT molecular complexity index is 289. The summed E-state index contributed by atoms with van der Waals surface area (Å²) >= 11 is 0. The average Bonchev–Trinajstić information content (AvgIpc) is 2.26. The Morgan fingerprint density at radius 3 is 2.69 bits per heavy atom. The summed E-state index contributed by atoms with van der Waals surface area (Å²) in [4.78, 5) is 0. The zero-order valence-electron chi connectivity index (χ0n) is 9.81. The summed E-state index contributed by atoms with van der Waals surface area (Å²) in [5.41, 5.74) is 12.0. The number of piperidine rings is 1. The summed E-state index contributed by atoms with van der Waals surface area (Å²) in [6, 6.07) is 1.93. The lowest BCUT2D eigenvalue weighted by Crippen LogP contribution is -2.57. The highest BCUT2D eigenvalue weighted by molar-refractivity contribution is 5.10. The maximum atomic E-state index is 6.06. The highest BCUT2D eigenvalue weighted by atomic mass is 15.0. The first-order chi connectivity index (χ1) is 7.72. The molecular weight excluding hydrogens is 198 g/mol. The zero-order chi connectivity index (χ0) is 11.1. The first-order valence-electron chi connectivity index (χ1n) is 6.68. The molecule has 1 saturated carbocycles. The molecule has 0 aromatic carbocycles. The van der Waals surface area contributed by atoms with Gasteiger partial charge in [-0.15, -0.1) is 0 Å². The molecule has 3 aliphatic rings.